The molecule has 0 aliphatic carbocycles. The number of carbonyl (C=O) groups is 1. The Morgan fingerprint density at radius 3 is 2.81 bits per heavy atom. The molecule has 3 N–H and O–H groups in total. The van der Waals surface area contributed by atoms with Crippen molar-refractivity contribution >= 4 is 22.7 Å². The predicted molar refractivity (Wildman–Crippen MR) is 81.4 cm³/mol. The van der Waals surface area contributed by atoms with Crippen molar-refractivity contribution in [2.45, 2.75) is 13.5 Å². The number of aryl methyl sites for hydroxylation is 1. The first kappa shape index (κ1) is 13.2. The summed E-state index contributed by atoms with van der Waals surface area (Å²) in [6.07, 6.45) is 0. The molecule has 5 heteroatoms. The zero-order valence-electron chi connectivity index (χ0n) is 11.6. The Bertz CT molecular complexity index is 837. The van der Waals surface area contributed by atoms with E-state index in [-0.39, 0.29) is 5.56 Å². The average molecular weight is 281 g/mol. The van der Waals surface area contributed by atoms with E-state index >= 15 is 0 Å². The molecule has 2 aromatic carbocycles. The highest BCUT2D eigenvalue weighted by Gasteiger charge is 2.10. The summed E-state index contributed by atoms with van der Waals surface area (Å²) in [7, 11) is 0. The lowest BCUT2D eigenvalue weighted by Crippen LogP contribution is -2.04. The van der Waals surface area contributed by atoms with Crippen LogP contribution in [0.4, 0.5) is 5.69 Å². The Balaban J connectivity index is 2.06. The van der Waals surface area contributed by atoms with Gasteiger partial charge in [-0.2, -0.15) is 0 Å². The number of hydrogen-bond acceptors (Lipinski definition) is 3. The predicted octanol–water partition coefficient (Wildman–Crippen LogP) is 2.67. The molecule has 0 saturated heterocycles. The normalized spacial score (nSPS) is 10.9. The van der Waals surface area contributed by atoms with Gasteiger partial charge in [0.2, 0.25) is 0 Å². The van der Waals surface area contributed by atoms with Crippen LogP contribution in [0.2, 0.25) is 0 Å². The third-order valence-corrected chi connectivity index (χ3v) is 3.52. The maximum Gasteiger partial charge on any atom is 0.335 e. The van der Waals surface area contributed by atoms with Gasteiger partial charge in [0.1, 0.15) is 11.3 Å². The fourth-order valence-corrected chi connectivity index (χ4v) is 2.47. The van der Waals surface area contributed by atoms with Crippen molar-refractivity contribution in [2.24, 2.45) is 0 Å². The van der Waals surface area contributed by atoms with E-state index in [0.717, 1.165) is 22.4 Å². The third-order valence-electron chi connectivity index (χ3n) is 3.52. The van der Waals surface area contributed by atoms with Gasteiger partial charge in [-0.05, 0) is 36.8 Å². The van der Waals surface area contributed by atoms with Crippen molar-refractivity contribution in [1.82, 2.24) is 9.55 Å². The molecule has 0 fully saturated rings. The molecule has 0 saturated carbocycles. The number of hydrogen-bond donors (Lipinski definition) is 2. The molecule has 0 bridgehead atoms. The van der Waals surface area contributed by atoms with Crippen LogP contribution in [0.5, 0.6) is 0 Å². The second-order valence-corrected chi connectivity index (χ2v) is 4.97. The molecule has 0 aliphatic heterocycles. The summed E-state index contributed by atoms with van der Waals surface area (Å²) in [6, 6.07) is 12.6. The van der Waals surface area contributed by atoms with E-state index in [1.165, 1.54) is 0 Å². The quantitative estimate of drug-likeness (QED) is 0.723. The molecule has 1 aromatic heterocycles. The van der Waals surface area contributed by atoms with Crippen molar-refractivity contribution < 1.29 is 9.90 Å². The van der Waals surface area contributed by atoms with Gasteiger partial charge >= 0.3 is 5.97 Å². The smallest absolute Gasteiger partial charge is 0.335 e. The molecule has 106 valence electrons. The highest BCUT2D eigenvalue weighted by Crippen LogP contribution is 2.22. The molecule has 0 unspecified atom stereocenters. The third kappa shape index (κ3) is 2.33. The van der Waals surface area contributed by atoms with E-state index in [1.807, 2.05) is 35.8 Å². The van der Waals surface area contributed by atoms with Crippen molar-refractivity contribution in [3.63, 3.8) is 0 Å². The number of benzene rings is 2. The van der Waals surface area contributed by atoms with Crippen molar-refractivity contribution in [2.75, 3.05) is 5.73 Å². The van der Waals surface area contributed by atoms with Gasteiger partial charge in [0.05, 0.1) is 16.8 Å². The van der Waals surface area contributed by atoms with E-state index in [4.69, 9.17) is 10.8 Å². The summed E-state index contributed by atoms with van der Waals surface area (Å²) in [4.78, 5) is 15.5. The lowest BCUT2D eigenvalue weighted by molar-refractivity contribution is 0.0696. The SMILES string of the molecule is Cc1nc2c(N)cccc2n1Cc1cccc(C(=O)O)c1. The highest BCUT2D eigenvalue weighted by atomic mass is 16.4. The number of carboxylic acid groups (broad SMARTS) is 1. The molecule has 0 amide bonds. The summed E-state index contributed by atoms with van der Waals surface area (Å²) in [5.41, 5.74) is 9.53. The van der Waals surface area contributed by atoms with E-state index in [0.29, 0.717) is 12.2 Å². The van der Waals surface area contributed by atoms with Crippen LogP contribution in [0.15, 0.2) is 42.5 Å². The molecule has 5 nitrogen and oxygen atoms in total. The van der Waals surface area contributed by atoms with E-state index in [2.05, 4.69) is 4.98 Å². The second-order valence-electron chi connectivity index (χ2n) is 4.97. The average Bonchev–Trinajstić information content (AvgIpc) is 2.78. The number of anilines is 1. The van der Waals surface area contributed by atoms with Crippen LogP contribution in [-0.4, -0.2) is 20.6 Å². The van der Waals surface area contributed by atoms with Gasteiger partial charge in [-0.1, -0.05) is 18.2 Å². The van der Waals surface area contributed by atoms with Crippen molar-refractivity contribution in [3.8, 4) is 0 Å². The molecule has 0 radical (unpaired) electrons. The first-order chi connectivity index (χ1) is 10.1. The van der Waals surface area contributed by atoms with Gasteiger partial charge in [0.15, 0.2) is 0 Å². The Labute approximate surface area is 121 Å². The topological polar surface area (TPSA) is 81.1 Å². The summed E-state index contributed by atoms with van der Waals surface area (Å²) in [5.74, 6) is -0.0723. The fraction of sp³-hybridized carbons (Fsp3) is 0.125. The minimum atomic E-state index is -0.923. The molecule has 3 rings (SSSR count). The number of imidazole rings is 1. The summed E-state index contributed by atoms with van der Waals surface area (Å²) in [5, 5.41) is 9.06. The molecule has 0 spiro atoms. The number of carboxylic acids is 1. The fourth-order valence-electron chi connectivity index (χ4n) is 2.47. The molecule has 0 atom stereocenters. The van der Waals surface area contributed by atoms with Gasteiger partial charge in [-0.3, -0.25) is 0 Å². The van der Waals surface area contributed by atoms with Crippen LogP contribution in [0.3, 0.4) is 0 Å². The van der Waals surface area contributed by atoms with Crippen LogP contribution >= 0.6 is 0 Å². The largest absolute Gasteiger partial charge is 0.478 e. The number of nitrogens with zero attached hydrogens (tertiary/aromatic N) is 2. The first-order valence-electron chi connectivity index (χ1n) is 6.60. The molecule has 3 aromatic rings. The molecule has 21 heavy (non-hydrogen) atoms. The lowest BCUT2D eigenvalue weighted by atomic mass is 10.1. The number of nitrogens with two attached hydrogens (primary N) is 1. The first-order valence-corrected chi connectivity index (χ1v) is 6.60. The van der Waals surface area contributed by atoms with Crippen LogP contribution in [0.25, 0.3) is 11.0 Å². The van der Waals surface area contributed by atoms with Crippen molar-refractivity contribution in [3.05, 3.63) is 59.4 Å². The van der Waals surface area contributed by atoms with Gasteiger partial charge in [0.25, 0.3) is 0 Å². The second kappa shape index (κ2) is 4.94. The van der Waals surface area contributed by atoms with Gasteiger partial charge in [-0.25, -0.2) is 9.78 Å². The van der Waals surface area contributed by atoms with E-state index in [9.17, 15) is 4.79 Å². The molecular weight excluding hydrogens is 266 g/mol. The summed E-state index contributed by atoms with van der Waals surface area (Å²) < 4.78 is 2.03. The van der Waals surface area contributed by atoms with Crippen LogP contribution in [0, 0.1) is 6.92 Å². The monoisotopic (exact) mass is 281 g/mol. The van der Waals surface area contributed by atoms with Crippen LogP contribution in [0.1, 0.15) is 21.7 Å². The molecular formula is C16H15N3O2. The zero-order valence-corrected chi connectivity index (χ0v) is 11.6. The van der Waals surface area contributed by atoms with Gasteiger partial charge < -0.3 is 15.4 Å². The molecule has 0 aliphatic rings. The van der Waals surface area contributed by atoms with Crippen molar-refractivity contribution in [1.29, 1.82) is 0 Å². The Morgan fingerprint density at radius 1 is 1.29 bits per heavy atom. The standard InChI is InChI=1S/C16H15N3O2/c1-10-18-15-13(17)6-3-7-14(15)19(10)9-11-4-2-5-12(8-11)16(20)21/h2-8H,9,17H2,1H3,(H,20,21). The van der Waals surface area contributed by atoms with Gasteiger partial charge in [0, 0.05) is 6.54 Å². The number of aromatic nitrogens is 2. The number of para-hydroxylation sites is 1. The Hall–Kier alpha value is -2.82. The number of fused-ring (bicyclic) bond motifs is 1. The minimum Gasteiger partial charge on any atom is -0.478 e. The lowest BCUT2D eigenvalue weighted by Gasteiger charge is -2.08. The number of rotatable bonds is 3. The summed E-state index contributed by atoms with van der Waals surface area (Å²) >= 11 is 0. The van der Waals surface area contributed by atoms with E-state index in [1.54, 1.807) is 18.2 Å². The van der Waals surface area contributed by atoms with Crippen LogP contribution < -0.4 is 5.73 Å². The molecule has 1 heterocycles. The maximum absolute atomic E-state index is 11.0. The highest BCUT2D eigenvalue weighted by molar-refractivity contribution is 5.88. The maximum atomic E-state index is 11.0. The number of nitrogen functional groups attached to an aromatic ring is 1. The van der Waals surface area contributed by atoms with Crippen LogP contribution in [-0.2, 0) is 6.54 Å². The Kier molecular flexibility index (Phi) is 3.10. The number of aromatic carboxylic acids is 1. The Morgan fingerprint density at radius 2 is 2.05 bits per heavy atom. The minimum absolute atomic E-state index is 0.286. The van der Waals surface area contributed by atoms with E-state index < -0.39 is 5.97 Å². The summed E-state index contributed by atoms with van der Waals surface area (Å²) in [6.45, 7) is 2.48. The zero-order chi connectivity index (χ0) is 15.0. The van der Waals surface area contributed by atoms with Gasteiger partial charge in [-0.15, -0.1) is 0 Å².